The van der Waals surface area contributed by atoms with Gasteiger partial charge in [0, 0.05) is 5.92 Å². The van der Waals surface area contributed by atoms with E-state index in [1.165, 1.54) is 56.9 Å². The average Bonchev–Trinajstić information content (AvgIpc) is 2.66. The number of fused-ring (bicyclic) bond motifs is 1. The molecule has 0 aromatic carbocycles. The summed E-state index contributed by atoms with van der Waals surface area (Å²) in [6, 6.07) is 0. The van der Waals surface area contributed by atoms with E-state index < -0.39 is 0 Å². The number of carbonyl (C=O) groups excluding carboxylic acids is 1. The molecule has 1 saturated carbocycles. The standard InChI is InChI=1S/C19H32O/c1-13(2)17-15-11-9-7-5-6-8-10-12-16(15)18(14(3)4)19(17)20/h13-15,17H,5-12H2,1-4H3. The fourth-order valence-corrected chi connectivity index (χ4v) is 4.42. The number of allylic oxidation sites excluding steroid dienone is 2. The molecule has 2 unspecified atom stereocenters. The summed E-state index contributed by atoms with van der Waals surface area (Å²) in [4.78, 5) is 12.9. The van der Waals surface area contributed by atoms with Gasteiger partial charge in [-0.2, -0.15) is 0 Å². The number of hydrogen-bond acceptors (Lipinski definition) is 1. The van der Waals surface area contributed by atoms with Crippen molar-refractivity contribution in [2.75, 3.05) is 0 Å². The first kappa shape index (κ1) is 15.8. The maximum Gasteiger partial charge on any atom is 0.163 e. The molecule has 2 aliphatic rings. The van der Waals surface area contributed by atoms with Crippen LogP contribution in [0.1, 0.15) is 79.1 Å². The first-order chi connectivity index (χ1) is 9.54. The summed E-state index contributed by atoms with van der Waals surface area (Å²) in [5, 5.41) is 0. The Morgan fingerprint density at radius 3 is 2.10 bits per heavy atom. The molecule has 0 radical (unpaired) electrons. The number of hydrogen-bond donors (Lipinski definition) is 0. The van der Waals surface area contributed by atoms with Crippen LogP contribution in [0, 0.1) is 23.7 Å². The molecular weight excluding hydrogens is 244 g/mol. The summed E-state index contributed by atoms with van der Waals surface area (Å²) >= 11 is 0. The normalized spacial score (nSPS) is 29.2. The summed E-state index contributed by atoms with van der Waals surface area (Å²) in [7, 11) is 0. The van der Waals surface area contributed by atoms with Crippen LogP contribution in [0.3, 0.4) is 0 Å². The van der Waals surface area contributed by atoms with Crippen molar-refractivity contribution in [3.63, 3.8) is 0 Å². The highest BCUT2D eigenvalue weighted by Gasteiger charge is 2.42. The molecule has 0 aromatic heterocycles. The molecule has 0 saturated heterocycles. The highest BCUT2D eigenvalue weighted by atomic mass is 16.1. The van der Waals surface area contributed by atoms with Gasteiger partial charge in [0.25, 0.3) is 0 Å². The second kappa shape index (κ2) is 6.91. The molecule has 1 heteroatoms. The van der Waals surface area contributed by atoms with Gasteiger partial charge in [0.05, 0.1) is 0 Å². The molecule has 20 heavy (non-hydrogen) atoms. The molecule has 0 spiro atoms. The van der Waals surface area contributed by atoms with Crippen LogP contribution in [-0.2, 0) is 4.79 Å². The third kappa shape index (κ3) is 3.18. The van der Waals surface area contributed by atoms with Gasteiger partial charge in [-0.25, -0.2) is 0 Å². The predicted molar refractivity (Wildman–Crippen MR) is 85.6 cm³/mol. The smallest absolute Gasteiger partial charge is 0.163 e. The van der Waals surface area contributed by atoms with E-state index in [4.69, 9.17) is 0 Å². The molecule has 1 nitrogen and oxygen atoms in total. The summed E-state index contributed by atoms with van der Waals surface area (Å²) < 4.78 is 0. The molecule has 2 atom stereocenters. The Bertz CT molecular complexity index is 375. The first-order valence-corrected chi connectivity index (χ1v) is 8.81. The maximum atomic E-state index is 12.9. The molecule has 114 valence electrons. The van der Waals surface area contributed by atoms with Crippen LogP contribution in [0.15, 0.2) is 11.1 Å². The van der Waals surface area contributed by atoms with E-state index in [1.807, 2.05) is 0 Å². The average molecular weight is 276 g/mol. The highest BCUT2D eigenvalue weighted by molar-refractivity contribution is 6.01. The molecule has 2 aliphatic carbocycles. The number of rotatable bonds is 2. The predicted octanol–water partition coefficient (Wildman–Crippen LogP) is 5.54. The quantitative estimate of drug-likeness (QED) is 0.646. The van der Waals surface area contributed by atoms with Gasteiger partial charge < -0.3 is 0 Å². The van der Waals surface area contributed by atoms with Crippen molar-refractivity contribution < 1.29 is 4.79 Å². The minimum absolute atomic E-state index is 0.279. The Kier molecular flexibility index (Phi) is 5.46. The summed E-state index contributed by atoms with van der Waals surface area (Å²) in [5.74, 6) is 2.24. The van der Waals surface area contributed by atoms with E-state index in [9.17, 15) is 4.79 Å². The van der Waals surface area contributed by atoms with Gasteiger partial charge in [-0.15, -0.1) is 0 Å². The van der Waals surface area contributed by atoms with Crippen LogP contribution in [0.2, 0.25) is 0 Å². The molecular formula is C19H32O. The van der Waals surface area contributed by atoms with Crippen LogP contribution in [0.25, 0.3) is 0 Å². The van der Waals surface area contributed by atoms with Gasteiger partial charge in [0.1, 0.15) is 0 Å². The summed E-state index contributed by atoms with van der Waals surface area (Å²) in [5.41, 5.74) is 2.78. The minimum Gasteiger partial charge on any atom is -0.294 e. The second-order valence-electron chi connectivity index (χ2n) is 7.49. The van der Waals surface area contributed by atoms with E-state index in [2.05, 4.69) is 27.7 Å². The Morgan fingerprint density at radius 2 is 1.50 bits per heavy atom. The fourth-order valence-electron chi connectivity index (χ4n) is 4.42. The summed E-state index contributed by atoms with van der Waals surface area (Å²) in [6.07, 6.45) is 10.5. The van der Waals surface area contributed by atoms with Crippen molar-refractivity contribution in [3.05, 3.63) is 11.1 Å². The van der Waals surface area contributed by atoms with E-state index in [1.54, 1.807) is 5.57 Å². The van der Waals surface area contributed by atoms with Crippen LogP contribution >= 0.6 is 0 Å². The van der Waals surface area contributed by atoms with Crippen molar-refractivity contribution >= 4 is 5.78 Å². The zero-order valence-electron chi connectivity index (χ0n) is 13.9. The molecule has 0 aliphatic heterocycles. The Labute approximate surface area is 125 Å². The van der Waals surface area contributed by atoms with Crippen molar-refractivity contribution in [3.8, 4) is 0 Å². The fraction of sp³-hybridized carbons (Fsp3) is 0.842. The first-order valence-electron chi connectivity index (χ1n) is 8.81. The molecule has 0 heterocycles. The topological polar surface area (TPSA) is 17.1 Å². The van der Waals surface area contributed by atoms with E-state index in [0.717, 1.165) is 0 Å². The van der Waals surface area contributed by atoms with Crippen molar-refractivity contribution in [2.24, 2.45) is 23.7 Å². The van der Waals surface area contributed by atoms with Crippen molar-refractivity contribution in [1.82, 2.24) is 0 Å². The van der Waals surface area contributed by atoms with Gasteiger partial charge >= 0.3 is 0 Å². The maximum absolute atomic E-state index is 12.9. The van der Waals surface area contributed by atoms with Crippen LogP contribution in [0.5, 0.6) is 0 Å². The largest absolute Gasteiger partial charge is 0.294 e. The third-order valence-corrected chi connectivity index (χ3v) is 5.30. The Hall–Kier alpha value is -0.590. The van der Waals surface area contributed by atoms with E-state index in [-0.39, 0.29) is 5.92 Å². The number of ketones is 1. The second-order valence-corrected chi connectivity index (χ2v) is 7.49. The van der Waals surface area contributed by atoms with E-state index >= 15 is 0 Å². The van der Waals surface area contributed by atoms with Crippen LogP contribution in [0.4, 0.5) is 0 Å². The lowest BCUT2D eigenvalue weighted by molar-refractivity contribution is -0.121. The molecule has 0 amide bonds. The molecule has 0 N–H and O–H groups in total. The lowest BCUT2D eigenvalue weighted by Crippen LogP contribution is -2.24. The van der Waals surface area contributed by atoms with Gasteiger partial charge in [0.2, 0.25) is 0 Å². The van der Waals surface area contributed by atoms with Gasteiger partial charge in [-0.3, -0.25) is 4.79 Å². The zero-order chi connectivity index (χ0) is 14.7. The minimum atomic E-state index is 0.279. The number of carbonyl (C=O) groups is 1. The molecule has 0 bridgehead atoms. The lowest BCUT2D eigenvalue weighted by atomic mass is 9.78. The van der Waals surface area contributed by atoms with Gasteiger partial charge in [-0.1, -0.05) is 65.4 Å². The monoisotopic (exact) mass is 276 g/mol. The van der Waals surface area contributed by atoms with Gasteiger partial charge in [-0.05, 0) is 42.6 Å². The Balaban J connectivity index is 2.31. The van der Waals surface area contributed by atoms with E-state index in [0.29, 0.717) is 23.5 Å². The van der Waals surface area contributed by atoms with Crippen LogP contribution in [-0.4, -0.2) is 5.78 Å². The van der Waals surface area contributed by atoms with Crippen molar-refractivity contribution in [2.45, 2.75) is 79.1 Å². The molecule has 1 fully saturated rings. The number of Topliss-reactive ketones (excluding diaryl/α,β-unsaturated/α-hetero) is 1. The highest BCUT2D eigenvalue weighted by Crippen LogP contribution is 2.46. The summed E-state index contributed by atoms with van der Waals surface area (Å²) in [6.45, 7) is 8.89. The molecule has 2 rings (SSSR count). The zero-order valence-corrected chi connectivity index (χ0v) is 13.9. The molecule has 0 aromatic rings. The third-order valence-electron chi connectivity index (χ3n) is 5.30. The van der Waals surface area contributed by atoms with Crippen LogP contribution < -0.4 is 0 Å². The van der Waals surface area contributed by atoms with Crippen molar-refractivity contribution in [1.29, 1.82) is 0 Å². The lowest BCUT2D eigenvalue weighted by Gasteiger charge is -2.25. The Morgan fingerprint density at radius 1 is 0.900 bits per heavy atom. The van der Waals surface area contributed by atoms with Gasteiger partial charge in [0.15, 0.2) is 5.78 Å². The SMILES string of the molecule is CC(C)C1=C2CCCCCCCCC2C(C(C)C)C1=O.